The van der Waals surface area contributed by atoms with Crippen molar-refractivity contribution in [1.82, 2.24) is 14.5 Å². The van der Waals surface area contributed by atoms with Gasteiger partial charge in [0.2, 0.25) is 5.91 Å². The van der Waals surface area contributed by atoms with Crippen molar-refractivity contribution in [2.24, 2.45) is 5.92 Å². The molecule has 1 aromatic heterocycles. The summed E-state index contributed by atoms with van der Waals surface area (Å²) >= 11 is 0. The van der Waals surface area contributed by atoms with Crippen LogP contribution in [0.2, 0.25) is 0 Å². The summed E-state index contributed by atoms with van der Waals surface area (Å²) in [6.07, 6.45) is 5.06. The molecule has 1 saturated carbocycles. The van der Waals surface area contributed by atoms with Crippen molar-refractivity contribution in [2.75, 3.05) is 7.05 Å². The minimum atomic E-state index is -0.318. The minimum absolute atomic E-state index is 0.0851. The average molecular weight is 404 g/mol. The minimum Gasteiger partial charge on any atom is -0.336 e. The fourth-order valence-corrected chi connectivity index (χ4v) is 4.39. The Labute approximate surface area is 177 Å². The Kier molecular flexibility index (Phi) is 5.71. The molecule has 0 saturated heterocycles. The van der Waals surface area contributed by atoms with Crippen LogP contribution in [-0.4, -0.2) is 27.4 Å². The number of nitrogens with zero attached hydrogens (tertiary/aromatic N) is 3. The number of rotatable bonds is 5. The molecule has 5 nitrogen and oxygen atoms in total. The van der Waals surface area contributed by atoms with Crippen molar-refractivity contribution in [1.29, 1.82) is 0 Å². The molecule has 1 fully saturated rings. The Morgan fingerprint density at radius 2 is 1.80 bits per heavy atom. The summed E-state index contributed by atoms with van der Waals surface area (Å²) in [4.78, 5) is 33.1. The number of para-hydroxylation sites is 1. The van der Waals surface area contributed by atoms with Gasteiger partial charge in [0.1, 0.15) is 5.82 Å². The van der Waals surface area contributed by atoms with E-state index in [4.69, 9.17) is 4.98 Å². The molecular formula is C25H29N3O2. The van der Waals surface area contributed by atoms with Crippen molar-refractivity contribution < 1.29 is 4.79 Å². The Morgan fingerprint density at radius 3 is 2.47 bits per heavy atom. The molecule has 0 N–H and O–H groups in total. The molecular weight excluding hydrogens is 374 g/mol. The maximum absolute atomic E-state index is 13.5. The van der Waals surface area contributed by atoms with E-state index in [1.807, 2.05) is 62.5 Å². The number of carbonyl (C=O) groups is 1. The fourth-order valence-electron chi connectivity index (χ4n) is 4.39. The summed E-state index contributed by atoms with van der Waals surface area (Å²) in [6, 6.07) is 15.1. The van der Waals surface area contributed by atoms with Gasteiger partial charge in [0.05, 0.1) is 22.6 Å². The van der Waals surface area contributed by atoms with E-state index in [9.17, 15) is 9.59 Å². The van der Waals surface area contributed by atoms with Crippen molar-refractivity contribution >= 4 is 16.8 Å². The maximum atomic E-state index is 13.5. The number of amides is 1. The van der Waals surface area contributed by atoms with E-state index in [0.717, 1.165) is 37.8 Å². The number of aryl methyl sites for hydroxylation is 1. The molecule has 4 rings (SSSR count). The number of carbonyl (C=O) groups excluding carboxylic acids is 1. The largest absolute Gasteiger partial charge is 0.336 e. The Hall–Kier alpha value is -2.95. The predicted octanol–water partition coefficient (Wildman–Crippen LogP) is 4.66. The molecule has 0 spiro atoms. The lowest BCUT2D eigenvalue weighted by Gasteiger charge is -2.29. The molecule has 1 unspecified atom stereocenters. The number of fused-ring (bicyclic) bond motifs is 1. The molecule has 0 radical (unpaired) electrons. The van der Waals surface area contributed by atoms with E-state index in [2.05, 4.69) is 6.92 Å². The van der Waals surface area contributed by atoms with Gasteiger partial charge in [-0.05, 0) is 56.0 Å². The van der Waals surface area contributed by atoms with Gasteiger partial charge in [0, 0.05) is 13.0 Å². The zero-order valence-electron chi connectivity index (χ0n) is 18.0. The second kappa shape index (κ2) is 8.42. The maximum Gasteiger partial charge on any atom is 0.266 e. The van der Waals surface area contributed by atoms with E-state index in [0.29, 0.717) is 16.7 Å². The van der Waals surface area contributed by atoms with Crippen LogP contribution < -0.4 is 5.56 Å². The van der Waals surface area contributed by atoms with Crippen LogP contribution in [0.4, 0.5) is 0 Å². The van der Waals surface area contributed by atoms with Crippen LogP contribution in [0.25, 0.3) is 16.6 Å². The highest BCUT2D eigenvalue weighted by atomic mass is 16.2. The van der Waals surface area contributed by atoms with E-state index in [1.165, 1.54) is 5.56 Å². The number of aromatic nitrogens is 2. The monoisotopic (exact) mass is 403 g/mol. The average Bonchev–Trinajstić information content (AvgIpc) is 3.32. The first kappa shape index (κ1) is 20.3. The summed E-state index contributed by atoms with van der Waals surface area (Å²) in [5, 5.41) is 0.581. The highest BCUT2D eigenvalue weighted by Gasteiger charge is 2.30. The van der Waals surface area contributed by atoms with Crippen LogP contribution in [0.15, 0.2) is 53.3 Å². The smallest absolute Gasteiger partial charge is 0.266 e. The zero-order chi connectivity index (χ0) is 21.3. The van der Waals surface area contributed by atoms with E-state index >= 15 is 0 Å². The van der Waals surface area contributed by atoms with Crippen LogP contribution in [0.5, 0.6) is 0 Å². The van der Waals surface area contributed by atoms with Gasteiger partial charge in [-0.25, -0.2) is 4.98 Å². The van der Waals surface area contributed by atoms with E-state index in [1.54, 1.807) is 9.47 Å². The topological polar surface area (TPSA) is 55.2 Å². The number of benzene rings is 2. The first-order valence-electron chi connectivity index (χ1n) is 10.9. The van der Waals surface area contributed by atoms with E-state index in [-0.39, 0.29) is 23.4 Å². The molecule has 156 valence electrons. The van der Waals surface area contributed by atoms with Crippen LogP contribution in [-0.2, 0) is 11.2 Å². The number of hydrogen-bond acceptors (Lipinski definition) is 3. The summed E-state index contributed by atoms with van der Waals surface area (Å²) in [7, 11) is 1.83. The lowest BCUT2D eigenvalue weighted by Crippen LogP contribution is -2.37. The molecule has 2 aromatic carbocycles. The second-order valence-corrected chi connectivity index (χ2v) is 8.25. The number of hydrogen-bond donors (Lipinski definition) is 0. The van der Waals surface area contributed by atoms with Gasteiger partial charge in [-0.3, -0.25) is 14.2 Å². The zero-order valence-corrected chi connectivity index (χ0v) is 18.0. The summed E-state index contributed by atoms with van der Waals surface area (Å²) < 4.78 is 1.67. The first-order chi connectivity index (χ1) is 14.5. The third kappa shape index (κ3) is 3.64. The predicted molar refractivity (Wildman–Crippen MR) is 120 cm³/mol. The van der Waals surface area contributed by atoms with Gasteiger partial charge < -0.3 is 4.90 Å². The van der Waals surface area contributed by atoms with E-state index < -0.39 is 0 Å². The Bertz CT molecular complexity index is 1110. The quantitative estimate of drug-likeness (QED) is 0.623. The molecule has 3 aromatic rings. The molecule has 0 bridgehead atoms. The van der Waals surface area contributed by atoms with Gasteiger partial charge in [-0.2, -0.15) is 0 Å². The lowest BCUT2D eigenvalue weighted by atomic mass is 10.1. The molecule has 1 aliphatic carbocycles. The molecule has 1 amide bonds. The highest BCUT2D eigenvalue weighted by molar-refractivity contribution is 5.80. The van der Waals surface area contributed by atoms with Crippen molar-refractivity contribution in [2.45, 2.75) is 52.0 Å². The van der Waals surface area contributed by atoms with Crippen molar-refractivity contribution in [3.05, 3.63) is 70.3 Å². The fraction of sp³-hybridized carbons (Fsp3) is 0.400. The summed E-state index contributed by atoms with van der Waals surface area (Å²) in [5.41, 5.74) is 2.55. The third-order valence-electron chi connectivity index (χ3n) is 6.41. The molecule has 1 aliphatic rings. The third-order valence-corrected chi connectivity index (χ3v) is 6.41. The second-order valence-electron chi connectivity index (χ2n) is 8.25. The van der Waals surface area contributed by atoms with Crippen LogP contribution >= 0.6 is 0 Å². The van der Waals surface area contributed by atoms with Crippen molar-refractivity contribution in [3.63, 3.8) is 0 Å². The van der Waals surface area contributed by atoms with Crippen LogP contribution in [0, 0.1) is 5.92 Å². The lowest BCUT2D eigenvalue weighted by molar-refractivity contribution is -0.136. The van der Waals surface area contributed by atoms with Gasteiger partial charge in [0.15, 0.2) is 0 Å². The van der Waals surface area contributed by atoms with Gasteiger partial charge >= 0.3 is 0 Å². The van der Waals surface area contributed by atoms with Gasteiger partial charge in [0.25, 0.3) is 5.56 Å². The van der Waals surface area contributed by atoms with Gasteiger partial charge in [-0.1, -0.05) is 44.0 Å². The Morgan fingerprint density at radius 1 is 1.13 bits per heavy atom. The SMILES string of the molecule is CCc1ccc(-n2c(C(C)N(C)C(=O)C3CCCC3)nc3ccccc3c2=O)cc1. The summed E-state index contributed by atoms with van der Waals surface area (Å²) in [6.45, 7) is 4.07. The van der Waals surface area contributed by atoms with Gasteiger partial charge in [-0.15, -0.1) is 0 Å². The summed E-state index contributed by atoms with van der Waals surface area (Å²) in [5.74, 6) is 0.828. The molecule has 0 aliphatic heterocycles. The molecule has 30 heavy (non-hydrogen) atoms. The highest BCUT2D eigenvalue weighted by Crippen LogP contribution is 2.29. The standard InChI is InChI=1S/C25H29N3O2/c1-4-18-13-15-20(16-14-18)28-23(26-22-12-8-7-11-21(22)25(28)30)17(2)27(3)24(29)19-9-5-6-10-19/h7-8,11-17,19H,4-6,9-10H2,1-3H3. The molecule has 1 heterocycles. The first-order valence-corrected chi connectivity index (χ1v) is 10.9. The molecule has 1 atom stereocenters. The van der Waals surface area contributed by atoms with Crippen LogP contribution in [0.3, 0.4) is 0 Å². The van der Waals surface area contributed by atoms with Crippen LogP contribution in [0.1, 0.15) is 57.0 Å². The van der Waals surface area contributed by atoms with Crippen molar-refractivity contribution in [3.8, 4) is 5.69 Å². The Balaban J connectivity index is 1.84. The molecule has 5 heteroatoms. The normalized spacial score (nSPS) is 15.4.